The molecule has 2 unspecified atom stereocenters. The van der Waals surface area contributed by atoms with Gasteiger partial charge in [-0.2, -0.15) is 0 Å². The Morgan fingerprint density at radius 2 is 1.71 bits per heavy atom. The van der Waals surface area contributed by atoms with Crippen molar-refractivity contribution < 1.29 is 4.74 Å². The lowest BCUT2D eigenvalue weighted by Crippen LogP contribution is -2.60. The maximum absolute atomic E-state index is 6.23. The first-order valence-electron chi connectivity index (χ1n) is 12.5. The summed E-state index contributed by atoms with van der Waals surface area (Å²) in [5.74, 6) is 0.955. The second-order valence-corrected chi connectivity index (χ2v) is 10.4. The van der Waals surface area contributed by atoms with E-state index in [0.29, 0.717) is 17.7 Å². The van der Waals surface area contributed by atoms with E-state index in [1.807, 2.05) is 0 Å². The summed E-state index contributed by atoms with van der Waals surface area (Å²) in [6, 6.07) is 0.727. The van der Waals surface area contributed by atoms with Gasteiger partial charge in [-0.1, -0.05) is 33.1 Å². The zero-order valence-corrected chi connectivity index (χ0v) is 20.0. The summed E-state index contributed by atoms with van der Waals surface area (Å²) in [5.41, 5.74) is 0.326. The molecule has 0 aromatic carbocycles. The summed E-state index contributed by atoms with van der Waals surface area (Å²) in [6.07, 6.45) is 14.3. The van der Waals surface area contributed by atoms with Crippen molar-refractivity contribution in [3.8, 4) is 0 Å². The van der Waals surface area contributed by atoms with Gasteiger partial charge in [0.05, 0.1) is 12.2 Å². The molecule has 1 heterocycles. The molecule has 2 aliphatic rings. The summed E-state index contributed by atoms with van der Waals surface area (Å²) in [5, 5.41) is 0. The number of ether oxygens (including phenoxy) is 1. The summed E-state index contributed by atoms with van der Waals surface area (Å²) in [4.78, 5) is 5.45. The molecule has 0 N–H and O–H groups in total. The lowest BCUT2D eigenvalue weighted by atomic mass is 9.84. The summed E-state index contributed by atoms with van der Waals surface area (Å²) in [7, 11) is 0. The van der Waals surface area contributed by atoms with Crippen LogP contribution in [0.1, 0.15) is 106 Å². The van der Waals surface area contributed by atoms with Crippen molar-refractivity contribution in [3.63, 3.8) is 0 Å². The number of nitrogens with zero attached hydrogens (tertiary/aromatic N) is 2. The van der Waals surface area contributed by atoms with Gasteiger partial charge >= 0.3 is 0 Å². The smallest absolute Gasteiger partial charge is 0.0579 e. The summed E-state index contributed by atoms with van der Waals surface area (Å²) >= 11 is 0. The summed E-state index contributed by atoms with van der Waals surface area (Å²) in [6.45, 7) is 19.1. The van der Waals surface area contributed by atoms with Gasteiger partial charge in [0, 0.05) is 31.2 Å². The molecule has 0 bridgehead atoms. The van der Waals surface area contributed by atoms with Gasteiger partial charge in [0.25, 0.3) is 0 Å². The Bertz CT molecular complexity index is 417. The number of hydrogen-bond acceptors (Lipinski definition) is 3. The van der Waals surface area contributed by atoms with E-state index >= 15 is 0 Å². The molecule has 3 nitrogen and oxygen atoms in total. The molecule has 2 atom stereocenters. The minimum absolute atomic E-state index is 0.326. The zero-order chi connectivity index (χ0) is 20.6. The van der Waals surface area contributed by atoms with Gasteiger partial charge in [-0.15, -0.1) is 0 Å². The van der Waals surface area contributed by atoms with Gasteiger partial charge in [0.15, 0.2) is 0 Å². The van der Waals surface area contributed by atoms with Crippen LogP contribution in [0.5, 0.6) is 0 Å². The predicted molar refractivity (Wildman–Crippen MR) is 122 cm³/mol. The maximum Gasteiger partial charge on any atom is 0.0579 e. The fourth-order valence-corrected chi connectivity index (χ4v) is 5.37. The van der Waals surface area contributed by atoms with Crippen LogP contribution in [0.4, 0.5) is 0 Å². The molecule has 166 valence electrons. The van der Waals surface area contributed by atoms with E-state index in [2.05, 4.69) is 51.3 Å². The molecule has 2 rings (SSSR count). The third kappa shape index (κ3) is 7.61. The first-order valence-corrected chi connectivity index (χ1v) is 12.5. The Morgan fingerprint density at radius 1 is 1.00 bits per heavy atom. The highest BCUT2D eigenvalue weighted by Gasteiger charge is 2.34. The van der Waals surface area contributed by atoms with Crippen LogP contribution < -0.4 is 0 Å². The van der Waals surface area contributed by atoms with Crippen LogP contribution >= 0.6 is 0 Å². The third-order valence-corrected chi connectivity index (χ3v) is 7.52. The molecule has 0 aromatic rings. The van der Waals surface area contributed by atoms with Gasteiger partial charge in [0.2, 0.25) is 0 Å². The van der Waals surface area contributed by atoms with Crippen molar-refractivity contribution >= 4 is 0 Å². The van der Waals surface area contributed by atoms with Gasteiger partial charge in [-0.05, 0) is 85.1 Å². The molecule has 1 saturated carbocycles. The van der Waals surface area contributed by atoms with Crippen LogP contribution in [0.3, 0.4) is 0 Å². The Labute approximate surface area is 176 Å². The molecule has 1 saturated heterocycles. The monoisotopic (exact) mass is 394 g/mol. The van der Waals surface area contributed by atoms with Crippen LogP contribution in [0.15, 0.2) is 0 Å². The van der Waals surface area contributed by atoms with E-state index in [4.69, 9.17) is 4.74 Å². The first kappa shape index (κ1) is 24.2. The average molecular weight is 395 g/mol. The lowest BCUT2D eigenvalue weighted by molar-refractivity contribution is -0.0322. The quantitative estimate of drug-likeness (QED) is 0.393. The molecule has 2 fully saturated rings. The van der Waals surface area contributed by atoms with E-state index in [-0.39, 0.29) is 0 Å². The Balaban J connectivity index is 1.59. The molecule has 1 aliphatic carbocycles. The SMILES string of the molecule is CCCC(C)OC1CCC(CCCCN2CCN(C(C)CC)CC2(C)C)CC1. The Kier molecular flexibility index (Phi) is 10.3. The van der Waals surface area contributed by atoms with Crippen LogP contribution in [0.2, 0.25) is 0 Å². The van der Waals surface area contributed by atoms with Crippen molar-refractivity contribution in [2.24, 2.45) is 5.92 Å². The molecule has 0 radical (unpaired) electrons. The van der Waals surface area contributed by atoms with Gasteiger partial charge in [-0.25, -0.2) is 0 Å². The van der Waals surface area contributed by atoms with Crippen LogP contribution in [-0.2, 0) is 4.74 Å². The third-order valence-electron chi connectivity index (χ3n) is 7.52. The van der Waals surface area contributed by atoms with Crippen molar-refractivity contribution in [1.29, 1.82) is 0 Å². The fraction of sp³-hybridized carbons (Fsp3) is 1.00. The zero-order valence-electron chi connectivity index (χ0n) is 20.0. The van der Waals surface area contributed by atoms with Crippen molar-refractivity contribution in [1.82, 2.24) is 9.80 Å². The number of hydrogen-bond donors (Lipinski definition) is 0. The summed E-state index contributed by atoms with van der Waals surface area (Å²) < 4.78 is 6.23. The van der Waals surface area contributed by atoms with Gasteiger partial charge in [0.1, 0.15) is 0 Å². The van der Waals surface area contributed by atoms with E-state index in [1.165, 1.54) is 90.4 Å². The first-order chi connectivity index (χ1) is 13.4. The standard InChI is InChI=1S/C25H50N2O/c1-7-11-22(4)28-24-15-13-23(14-16-24)12-9-10-17-27-19-18-26(21(3)8-2)20-25(27,5)6/h21-24H,7-20H2,1-6H3. The van der Waals surface area contributed by atoms with E-state index in [0.717, 1.165) is 12.0 Å². The number of rotatable bonds is 11. The van der Waals surface area contributed by atoms with Crippen LogP contribution in [0.25, 0.3) is 0 Å². The molecule has 3 heteroatoms. The Hall–Kier alpha value is -0.120. The molecule has 0 amide bonds. The Morgan fingerprint density at radius 3 is 2.32 bits per heavy atom. The van der Waals surface area contributed by atoms with Crippen LogP contribution in [0, 0.1) is 5.92 Å². The number of unbranched alkanes of at least 4 members (excludes halogenated alkanes) is 1. The van der Waals surface area contributed by atoms with Crippen molar-refractivity contribution in [3.05, 3.63) is 0 Å². The molecular weight excluding hydrogens is 344 g/mol. The second kappa shape index (κ2) is 11.9. The normalized spacial score (nSPS) is 28.9. The van der Waals surface area contributed by atoms with Gasteiger partial charge < -0.3 is 4.74 Å². The minimum Gasteiger partial charge on any atom is -0.375 e. The second-order valence-electron chi connectivity index (χ2n) is 10.4. The van der Waals surface area contributed by atoms with E-state index in [9.17, 15) is 0 Å². The minimum atomic E-state index is 0.326. The molecule has 28 heavy (non-hydrogen) atoms. The average Bonchev–Trinajstić information content (AvgIpc) is 2.66. The topological polar surface area (TPSA) is 15.7 Å². The molecule has 0 aromatic heterocycles. The lowest BCUT2D eigenvalue weighted by Gasteiger charge is -2.49. The van der Waals surface area contributed by atoms with Crippen molar-refractivity contribution in [2.45, 2.75) is 130 Å². The highest BCUT2D eigenvalue weighted by Crippen LogP contribution is 2.31. The largest absolute Gasteiger partial charge is 0.375 e. The highest BCUT2D eigenvalue weighted by atomic mass is 16.5. The fourth-order valence-electron chi connectivity index (χ4n) is 5.37. The van der Waals surface area contributed by atoms with E-state index in [1.54, 1.807) is 0 Å². The van der Waals surface area contributed by atoms with Crippen LogP contribution in [-0.4, -0.2) is 59.8 Å². The maximum atomic E-state index is 6.23. The number of piperazine rings is 1. The van der Waals surface area contributed by atoms with E-state index < -0.39 is 0 Å². The highest BCUT2D eigenvalue weighted by molar-refractivity contribution is 4.91. The molecule has 1 aliphatic heterocycles. The predicted octanol–water partition coefficient (Wildman–Crippen LogP) is 6.12. The van der Waals surface area contributed by atoms with Crippen molar-refractivity contribution in [2.75, 3.05) is 26.2 Å². The molecular formula is C25H50N2O. The molecule has 0 spiro atoms. The van der Waals surface area contributed by atoms with Gasteiger partial charge in [-0.3, -0.25) is 9.80 Å².